The Morgan fingerprint density at radius 2 is 1.57 bits per heavy atom. The summed E-state index contributed by atoms with van der Waals surface area (Å²) in [5.41, 5.74) is 3.03. The van der Waals surface area contributed by atoms with Gasteiger partial charge in [-0.1, -0.05) is 42.5 Å². The van der Waals surface area contributed by atoms with E-state index in [0.717, 1.165) is 21.8 Å². The lowest BCUT2D eigenvalue weighted by atomic mass is 10.0. The van der Waals surface area contributed by atoms with Gasteiger partial charge >= 0.3 is 0 Å². The van der Waals surface area contributed by atoms with Gasteiger partial charge in [0, 0.05) is 17.4 Å². The Labute approximate surface area is 206 Å². The van der Waals surface area contributed by atoms with Gasteiger partial charge in [-0.05, 0) is 42.0 Å². The number of hydrogen-bond acceptors (Lipinski definition) is 6. The number of rotatable bonds is 7. The summed E-state index contributed by atoms with van der Waals surface area (Å²) < 4.78 is 5.19. The van der Waals surface area contributed by atoms with Crippen molar-refractivity contribution in [3.8, 4) is 17.0 Å². The molecule has 5 rings (SSSR count). The minimum absolute atomic E-state index is 0.189. The fourth-order valence-electron chi connectivity index (χ4n) is 4.04. The molecule has 0 bridgehead atoms. The van der Waals surface area contributed by atoms with Crippen molar-refractivity contribution in [1.82, 2.24) is 9.88 Å². The molecule has 35 heavy (non-hydrogen) atoms. The summed E-state index contributed by atoms with van der Waals surface area (Å²) in [6.07, 6.45) is 0.189. The lowest BCUT2D eigenvalue weighted by molar-refractivity contribution is -0.119. The molecule has 0 saturated carbocycles. The third kappa shape index (κ3) is 4.43. The average Bonchev–Trinajstić information content (AvgIpc) is 3.46. The van der Waals surface area contributed by atoms with Gasteiger partial charge in [-0.2, -0.15) is 0 Å². The van der Waals surface area contributed by atoms with E-state index in [1.54, 1.807) is 31.4 Å². The van der Waals surface area contributed by atoms with Crippen LogP contribution in [-0.4, -0.2) is 40.8 Å². The highest BCUT2D eigenvalue weighted by Gasteiger charge is 2.42. The number of methoxy groups -OCH3 is 1. The van der Waals surface area contributed by atoms with E-state index in [1.807, 2.05) is 60.0 Å². The van der Waals surface area contributed by atoms with Gasteiger partial charge in [0.05, 0.1) is 23.9 Å². The zero-order valence-corrected chi connectivity index (χ0v) is 19.6. The van der Waals surface area contributed by atoms with Gasteiger partial charge < -0.3 is 10.1 Å². The number of anilines is 1. The number of amides is 3. The van der Waals surface area contributed by atoms with Crippen LogP contribution in [0.5, 0.6) is 5.75 Å². The maximum Gasteiger partial charge on any atom is 0.262 e. The smallest absolute Gasteiger partial charge is 0.262 e. The van der Waals surface area contributed by atoms with Crippen LogP contribution in [-0.2, 0) is 11.2 Å². The second-order valence-electron chi connectivity index (χ2n) is 7.99. The molecule has 3 amide bonds. The number of imide groups is 1. The summed E-state index contributed by atoms with van der Waals surface area (Å²) in [5, 5.41) is 5.04. The third-order valence-electron chi connectivity index (χ3n) is 5.83. The minimum Gasteiger partial charge on any atom is -0.497 e. The zero-order chi connectivity index (χ0) is 24.4. The number of aromatic nitrogens is 1. The molecular formula is C27H21N3O4S. The number of carbonyl (C=O) groups is 3. The zero-order valence-electron chi connectivity index (χ0n) is 18.8. The first-order chi connectivity index (χ1) is 17.0. The fraction of sp³-hybridized carbons (Fsp3) is 0.111. The van der Waals surface area contributed by atoms with Gasteiger partial charge in [0.1, 0.15) is 11.8 Å². The lowest BCUT2D eigenvalue weighted by Gasteiger charge is -2.25. The van der Waals surface area contributed by atoms with E-state index in [-0.39, 0.29) is 6.42 Å². The highest BCUT2D eigenvalue weighted by molar-refractivity contribution is 7.14. The Hall–Kier alpha value is -4.30. The first-order valence-electron chi connectivity index (χ1n) is 11.0. The van der Waals surface area contributed by atoms with E-state index >= 15 is 0 Å². The molecule has 1 aliphatic rings. The van der Waals surface area contributed by atoms with E-state index in [4.69, 9.17) is 4.74 Å². The van der Waals surface area contributed by atoms with Crippen LogP contribution in [0.4, 0.5) is 5.13 Å². The predicted octanol–water partition coefficient (Wildman–Crippen LogP) is 4.66. The van der Waals surface area contributed by atoms with Crippen LogP contribution in [0.15, 0.2) is 84.2 Å². The Bertz CT molecular complexity index is 1360. The Morgan fingerprint density at radius 3 is 2.20 bits per heavy atom. The summed E-state index contributed by atoms with van der Waals surface area (Å²) in [6, 6.07) is 22.4. The van der Waals surface area contributed by atoms with Crippen molar-refractivity contribution in [3.63, 3.8) is 0 Å². The van der Waals surface area contributed by atoms with Crippen molar-refractivity contribution in [2.24, 2.45) is 0 Å². The van der Waals surface area contributed by atoms with Gasteiger partial charge in [-0.15, -0.1) is 11.3 Å². The number of carbonyl (C=O) groups excluding carboxylic acids is 3. The fourth-order valence-corrected chi connectivity index (χ4v) is 4.77. The number of hydrogen-bond donors (Lipinski definition) is 1. The van der Waals surface area contributed by atoms with Crippen LogP contribution in [0.2, 0.25) is 0 Å². The molecular weight excluding hydrogens is 462 g/mol. The van der Waals surface area contributed by atoms with Crippen molar-refractivity contribution in [2.75, 3.05) is 12.4 Å². The Kier molecular flexibility index (Phi) is 6.12. The van der Waals surface area contributed by atoms with Gasteiger partial charge in [-0.3, -0.25) is 19.3 Å². The van der Waals surface area contributed by atoms with E-state index in [2.05, 4.69) is 10.3 Å². The molecule has 1 unspecified atom stereocenters. The van der Waals surface area contributed by atoms with E-state index in [9.17, 15) is 14.4 Å². The second-order valence-corrected chi connectivity index (χ2v) is 8.85. The summed E-state index contributed by atoms with van der Waals surface area (Å²) in [4.78, 5) is 45.3. The average molecular weight is 484 g/mol. The van der Waals surface area contributed by atoms with Gasteiger partial charge in [0.15, 0.2) is 5.13 Å². The number of benzene rings is 3. The van der Waals surface area contributed by atoms with E-state index in [0.29, 0.717) is 22.0 Å². The minimum atomic E-state index is -1.03. The van der Waals surface area contributed by atoms with Gasteiger partial charge in [-0.25, -0.2) is 4.98 Å². The van der Waals surface area contributed by atoms with Crippen molar-refractivity contribution < 1.29 is 19.1 Å². The van der Waals surface area contributed by atoms with Crippen molar-refractivity contribution in [2.45, 2.75) is 12.5 Å². The van der Waals surface area contributed by atoms with Crippen LogP contribution >= 0.6 is 11.3 Å². The normalized spacial score (nSPS) is 13.5. The Balaban J connectivity index is 1.41. The lowest BCUT2D eigenvalue weighted by Crippen LogP contribution is -2.48. The van der Waals surface area contributed by atoms with Crippen LogP contribution in [0.3, 0.4) is 0 Å². The first-order valence-corrected chi connectivity index (χ1v) is 11.8. The first kappa shape index (κ1) is 22.5. The largest absolute Gasteiger partial charge is 0.497 e. The number of nitrogens with one attached hydrogen (secondary N) is 1. The standard InChI is InChI=1S/C27H21N3O4S/c1-34-19-13-11-18(12-14-19)22-16-35-27(28-22)29-24(31)23(15-17-7-3-2-4-8-17)30-25(32)20-9-5-6-10-21(20)26(30)33/h2-14,16,23H,15H2,1H3,(H,28,29,31). The summed E-state index contributed by atoms with van der Waals surface area (Å²) in [7, 11) is 1.60. The topological polar surface area (TPSA) is 88.6 Å². The molecule has 8 heteroatoms. The number of fused-ring (bicyclic) bond motifs is 1. The molecule has 1 aliphatic heterocycles. The molecule has 7 nitrogen and oxygen atoms in total. The van der Waals surface area contributed by atoms with Crippen molar-refractivity contribution in [3.05, 3.63) is 101 Å². The number of nitrogens with zero attached hydrogens (tertiary/aromatic N) is 2. The molecule has 0 spiro atoms. The predicted molar refractivity (Wildman–Crippen MR) is 134 cm³/mol. The molecule has 0 saturated heterocycles. The molecule has 0 fully saturated rings. The molecule has 1 N–H and O–H groups in total. The van der Waals surface area contributed by atoms with E-state index < -0.39 is 23.8 Å². The highest BCUT2D eigenvalue weighted by atomic mass is 32.1. The van der Waals surface area contributed by atoms with Crippen molar-refractivity contribution >= 4 is 34.2 Å². The van der Waals surface area contributed by atoms with Crippen LogP contribution in [0.1, 0.15) is 26.3 Å². The van der Waals surface area contributed by atoms with Gasteiger partial charge in [0.2, 0.25) is 5.91 Å². The van der Waals surface area contributed by atoms with Crippen LogP contribution in [0.25, 0.3) is 11.3 Å². The summed E-state index contributed by atoms with van der Waals surface area (Å²) in [5.74, 6) is -0.680. The third-order valence-corrected chi connectivity index (χ3v) is 6.59. The highest BCUT2D eigenvalue weighted by Crippen LogP contribution is 2.29. The van der Waals surface area contributed by atoms with Gasteiger partial charge in [0.25, 0.3) is 11.8 Å². The molecule has 2 heterocycles. The maximum atomic E-state index is 13.5. The molecule has 4 aromatic rings. The second kappa shape index (κ2) is 9.52. The van der Waals surface area contributed by atoms with Crippen molar-refractivity contribution in [1.29, 1.82) is 0 Å². The van der Waals surface area contributed by atoms with E-state index in [1.165, 1.54) is 11.3 Å². The summed E-state index contributed by atoms with van der Waals surface area (Å²) >= 11 is 1.28. The SMILES string of the molecule is COc1ccc(-c2csc(NC(=O)C(Cc3ccccc3)N3C(=O)c4ccccc4C3=O)n2)cc1. The van der Waals surface area contributed by atoms with Crippen LogP contribution < -0.4 is 10.1 Å². The molecule has 1 atom stereocenters. The molecule has 0 aliphatic carbocycles. The molecule has 1 aromatic heterocycles. The number of ether oxygens (including phenoxy) is 1. The molecule has 3 aromatic carbocycles. The maximum absolute atomic E-state index is 13.5. The monoisotopic (exact) mass is 483 g/mol. The molecule has 174 valence electrons. The summed E-state index contributed by atoms with van der Waals surface area (Å²) in [6.45, 7) is 0. The molecule has 0 radical (unpaired) electrons. The Morgan fingerprint density at radius 1 is 0.943 bits per heavy atom. The van der Waals surface area contributed by atoms with Crippen LogP contribution in [0, 0.1) is 0 Å². The quantitative estimate of drug-likeness (QED) is 0.386. The number of thiazole rings is 1.